The van der Waals surface area contributed by atoms with Gasteiger partial charge in [0.1, 0.15) is 12.0 Å². The van der Waals surface area contributed by atoms with E-state index in [0.717, 1.165) is 20.2 Å². The predicted molar refractivity (Wildman–Crippen MR) is 111 cm³/mol. The fourth-order valence-corrected chi connectivity index (χ4v) is 4.23. The number of carbonyl (C=O) groups is 1. The van der Waals surface area contributed by atoms with Gasteiger partial charge in [-0.05, 0) is 52.3 Å². The monoisotopic (exact) mass is 491 g/mol. The first kappa shape index (κ1) is 17.5. The lowest BCUT2D eigenvalue weighted by molar-refractivity contribution is 0.0992. The standard InChI is InChI=1S/C19H12Br2ClN3O/c20-11-5-7-16(15(21)9-11)24-18-13-3-1-2-4-14(13)19(26)25(18)17-8-6-12(22)10-23-17/h1-10,18,24H/t18-/m1/s1. The molecule has 0 saturated carbocycles. The Bertz CT molecular complexity index is 994. The van der Waals surface area contributed by atoms with E-state index in [1.807, 2.05) is 42.5 Å². The number of carbonyl (C=O) groups excluding carboxylic acids is 1. The average molecular weight is 494 g/mol. The molecule has 130 valence electrons. The molecule has 3 aromatic rings. The predicted octanol–water partition coefficient (Wildman–Crippen LogP) is 6.03. The summed E-state index contributed by atoms with van der Waals surface area (Å²) in [5, 5.41) is 3.98. The molecular weight excluding hydrogens is 481 g/mol. The second-order valence-corrected chi connectivity index (χ2v) is 7.97. The quantitative estimate of drug-likeness (QED) is 0.485. The Morgan fingerprint density at radius 2 is 1.88 bits per heavy atom. The molecule has 0 bridgehead atoms. The van der Waals surface area contributed by atoms with Crippen LogP contribution in [0.25, 0.3) is 0 Å². The van der Waals surface area contributed by atoms with Gasteiger partial charge in [-0.2, -0.15) is 0 Å². The lowest BCUT2D eigenvalue weighted by Crippen LogP contribution is -2.33. The first-order valence-corrected chi connectivity index (χ1v) is 9.76. The Kier molecular flexibility index (Phi) is 4.73. The molecule has 4 nitrogen and oxygen atoms in total. The third-order valence-electron chi connectivity index (χ3n) is 4.14. The molecule has 1 aromatic heterocycles. The zero-order chi connectivity index (χ0) is 18.3. The fourth-order valence-electron chi connectivity index (χ4n) is 2.96. The van der Waals surface area contributed by atoms with E-state index in [1.54, 1.807) is 23.2 Å². The molecule has 1 aliphatic rings. The molecule has 4 rings (SSSR count). The van der Waals surface area contributed by atoms with Crippen molar-refractivity contribution in [3.8, 4) is 0 Å². The number of fused-ring (bicyclic) bond motifs is 1. The van der Waals surface area contributed by atoms with E-state index in [1.165, 1.54) is 0 Å². The maximum absolute atomic E-state index is 13.0. The van der Waals surface area contributed by atoms with Gasteiger partial charge in [-0.1, -0.05) is 45.7 Å². The van der Waals surface area contributed by atoms with Crippen LogP contribution in [-0.4, -0.2) is 10.9 Å². The zero-order valence-corrected chi connectivity index (χ0v) is 17.2. The molecule has 1 N–H and O–H groups in total. The number of pyridine rings is 1. The Balaban J connectivity index is 1.79. The Labute approximate surface area is 172 Å². The van der Waals surface area contributed by atoms with Crippen molar-refractivity contribution in [1.82, 2.24) is 4.98 Å². The number of hydrogen-bond acceptors (Lipinski definition) is 3. The Hall–Kier alpha value is -1.89. The van der Waals surface area contributed by atoms with Crippen LogP contribution in [0.1, 0.15) is 22.1 Å². The highest BCUT2D eigenvalue weighted by molar-refractivity contribution is 9.11. The first-order valence-electron chi connectivity index (χ1n) is 7.80. The largest absolute Gasteiger partial charge is 0.360 e. The molecule has 0 spiro atoms. The molecule has 0 aliphatic carbocycles. The summed E-state index contributed by atoms with van der Waals surface area (Å²) in [4.78, 5) is 19.0. The van der Waals surface area contributed by atoms with Crippen LogP contribution >= 0.6 is 43.5 Å². The maximum atomic E-state index is 13.0. The summed E-state index contributed by atoms with van der Waals surface area (Å²) < 4.78 is 1.86. The fraction of sp³-hybridized carbons (Fsp3) is 0.0526. The number of hydrogen-bond donors (Lipinski definition) is 1. The highest BCUT2D eigenvalue weighted by Gasteiger charge is 2.38. The Morgan fingerprint density at radius 3 is 2.62 bits per heavy atom. The lowest BCUT2D eigenvalue weighted by Gasteiger charge is -2.26. The molecule has 2 heterocycles. The molecule has 0 unspecified atom stereocenters. The van der Waals surface area contributed by atoms with Crippen molar-refractivity contribution in [2.75, 3.05) is 10.2 Å². The van der Waals surface area contributed by atoms with Gasteiger partial charge in [0.2, 0.25) is 0 Å². The van der Waals surface area contributed by atoms with Crippen LogP contribution in [0.3, 0.4) is 0 Å². The first-order chi connectivity index (χ1) is 12.5. The van der Waals surface area contributed by atoms with Gasteiger partial charge in [-0.25, -0.2) is 4.98 Å². The van der Waals surface area contributed by atoms with Gasteiger partial charge in [0, 0.05) is 26.3 Å². The topological polar surface area (TPSA) is 45.2 Å². The molecule has 0 saturated heterocycles. The number of amides is 1. The van der Waals surface area contributed by atoms with E-state index in [2.05, 4.69) is 42.2 Å². The van der Waals surface area contributed by atoms with Gasteiger partial charge in [0.05, 0.1) is 10.7 Å². The molecule has 1 aliphatic heterocycles. The van der Waals surface area contributed by atoms with Crippen molar-refractivity contribution < 1.29 is 4.79 Å². The summed E-state index contributed by atoms with van der Waals surface area (Å²) in [6.45, 7) is 0. The maximum Gasteiger partial charge on any atom is 0.261 e. The summed E-state index contributed by atoms with van der Waals surface area (Å²) in [5.41, 5.74) is 2.45. The average Bonchev–Trinajstić information content (AvgIpc) is 2.91. The van der Waals surface area contributed by atoms with Crippen molar-refractivity contribution >= 4 is 60.9 Å². The number of benzene rings is 2. The minimum Gasteiger partial charge on any atom is -0.360 e. The van der Waals surface area contributed by atoms with Gasteiger partial charge < -0.3 is 5.32 Å². The van der Waals surface area contributed by atoms with Crippen molar-refractivity contribution in [2.45, 2.75) is 6.17 Å². The molecule has 0 fully saturated rings. The van der Waals surface area contributed by atoms with E-state index in [9.17, 15) is 4.79 Å². The van der Waals surface area contributed by atoms with Crippen molar-refractivity contribution in [2.24, 2.45) is 0 Å². The number of aromatic nitrogens is 1. The summed E-state index contributed by atoms with van der Waals surface area (Å²) in [6, 6.07) is 16.9. The molecule has 26 heavy (non-hydrogen) atoms. The molecule has 2 aromatic carbocycles. The van der Waals surface area contributed by atoms with Crippen molar-refractivity contribution in [3.05, 3.63) is 85.9 Å². The van der Waals surface area contributed by atoms with Crippen LogP contribution in [0, 0.1) is 0 Å². The summed E-state index contributed by atoms with van der Waals surface area (Å²) in [7, 11) is 0. The van der Waals surface area contributed by atoms with Crippen LogP contribution < -0.4 is 10.2 Å². The van der Waals surface area contributed by atoms with Gasteiger partial charge in [0.15, 0.2) is 0 Å². The van der Waals surface area contributed by atoms with E-state index in [4.69, 9.17) is 11.6 Å². The zero-order valence-electron chi connectivity index (χ0n) is 13.3. The van der Waals surface area contributed by atoms with E-state index >= 15 is 0 Å². The number of nitrogens with one attached hydrogen (secondary N) is 1. The normalized spacial score (nSPS) is 15.9. The van der Waals surface area contributed by atoms with Crippen LogP contribution in [0.4, 0.5) is 11.5 Å². The third-order valence-corrected chi connectivity index (χ3v) is 5.52. The number of nitrogens with zero attached hydrogens (tertiary/aromatic N) is 2. The highest BCUT2D eigenvalue weighted by Crippen LogP contribution is 2.39. The van der Waals surface area contributed by atoms with Crippen molar-refractivity contribution in [3.63, 3.8) is 0 Å². The lowest BCUT2D eigenvalue weighted by atomic mass is 10.1. The third kappa shape index (κ3) is 3.13. The second kappa shape index (κ2) is 7.02. The van der Waals surface area contributed by atoms with Gasteiger partial charge in [0.25, 0.3) is 5.91 Å². The summed E-state index contributed by atoms with van der Waals surface area (Å²) in [5.74, 6) is 0.447. The Morgan fingerprint density at radius 1 is 1.08 bits per heavy atom. The molecule has 1 atom stereocenters. The second-order valence-electron chi connectivity index (χ2n) is 5.77. The molecule has 7 heteroatoms. The SMILES string of the molecule is O=C1c2ccccc2[C@H](Nc2ccc(Br)cc2Br)N1c1ccc(Cl)cn1. The van der Waals surface area contributed by atoms with Crippen LogP contribution in [0.5, 0.6) is 0 Å². The molecule has 1 amide bonds. The minimum absolute atomic E-state index is 0.0962. The van der Waals surface area contributed by atoms with Gasteiger partial charge in [-0.3, -0.25) is 9.69 Å². The number of anilines is 2. The van der Waals surface area contributed by atoms with Crippen molar-refractivity contribution in [1.29, 1.82) is 0 Å². The van der Waals surface area contributed by atoms with Gasteiger partial charge >= 0.3 is 0 Å². The van der Waals surface area contributed by atoms with E-state index < -0.39 is 0 Å². The number of halogens is 3. The summed E-state index contributed by atoms with van der Waals surface area (Å²) >= 11 is 13.0. The van der Waals surface area contributed by atoms with E-state index in [0.29, 0.717) is 16.4 Å². The van der Waals surface area contributed by atoms with E-state index in [-0.39, 0.29) is 12.1 Å². The minimum atomic E-state index is -0.371. The smallest absolute Gasteiger partial charge is 0.261 e. The molecular formula is C19H12Br2ClN3O. The van der Waals surface area contributed by atoms with Gasteiger partial charge in [-0.15, -0.1) is 0 Å². The summed E-state index contributed by atoms with van der Waals surface area (Å²) in [6.07, 6.45) is 1.17. The van der Waals surface area contributed by atoms with Crippen LogP contribution in [-0.2, 0) is 0 Å². The van der Waals surface area contributed by atoms with Crippen LogP contribution in [0.2, 0.25) is 5.02 Å². The van der Waals surface area contributed by atoms with Crippen LogP contribution in [0.15, 0.2) is 69.7 Å². The molecule has 0 radical (unpaired) electrons. The highest BCUT2D eigenvalue weighted by atomic mass is 79.9. The number of rotatable bonds is 3.